The summed E-state index contributed by atoms with van der Waals surface area (Å²) in [6.45, 7) is 2.27. The van der Waals surface area contributed by atoms with Crippen LogP contribution in [-0.4, -0.2) is 26.1 Å². The molecular weight excluding hydrogens is 476 g/mol. The van der Waals surface area contributed by atoms with E-state index in [-0.39, 0.29) is 11.8 Å². The second kappa shape index (κ2) is 20.9. The van der Waals surface area contributed by atoms with Crippen molar-refractivity contribution < 1.29 is 19.1 Å². The van der Waals surface area contributed by atoms with Gasteiger partial charge in [0.15, 0.2) is 5.88 Å². The van der Waals surface area contributed by atoms with Crippen LogP contribution in [0, 0.1) is 0 Å². The lowest BCUT2D eigenvalue weighted by Crippen LogP contribution is -2.12. The van der Waals surface area contributed by atoms with Gasteiger partial charge in [0, 0.05) is 12.1 Å². The molecule has 1 aromatic rings. The first kappa shape index (κ1) is 31.8. The number of anilines is 2. The van der Waals surface area contributed by atoms with E-state index in [2.05, 4.69) is 22.3 Å². The average molecular weight is 523 g/mol. The summed E-state index contributed by atoms with van der Waals surface area (Å²) in [5, 5.41) is 6.28. The molecule has 0 atom stereocenters. The average Bonchev–Trinajstić information content (AvgIpc) is 2.87. The number of hydrogen-bond donors (Lipinski definition) is 2. The second-order valence-electron chi connectivity index (χ2n) is 9.30. The first-order valence-electron chi connectivity index (χ1n) is 13.7. The van der Waals surface area contributed by atoms with Crippen molar-refractivity contribution in [2.24, 2.45) is 0 Å². The molecule has 0 aliphatic carbocycles. The van der Waals surface area contributed by atoms with Crippen molar-refractivity contribution in [3.63, 3.8) is 0 Å². The van der Waals surface area contributed by atoms with Gasteiger partial charge in [-0.1, -0.05) is 108 Å². The number of amides is 1. The molecule has 0 aromatic heterocycles. The van der Waals surface area contributed by atoms with E-state index in [4.69, 9.17) is 16.3 Å². The molecule has 1 amide bonds. The van der Waals surface area contributed by atoms with Crippen molar-refractivity contribution in [3.8, 4) is 0 Å². The zero-order chi connectivity index (χ0) is 26.4. The Morgan fingerprint density at radius 3 is 1.81 bits per heavy atom. The highest BCUT2D eigenvalue weighted by atomic mass is 35.5. The fourth-order valence-corrected chi connectivity index (χ4v) is 4.19. The normalized spacial score (nSPS) is 11.3. The van der Waals surface area contributed by atoms with E-state index < -0.39 is 5.97 Å². The van der Waals surface area contributed by atoms with Crippen LogP contribution in [0.3, 0.4) is 0 Å². The predicted molar refractivity (Wildman–Crippen MR) is 150 cm³/mol. The molecule has 0 aliphatic heterocycles. The quantitative estimate of drug-likeness (QED) is 0.0731. The van der Waals surface area contributed by atoms with Gasteiger partial charge < -0.3 is 20.1 Å². The summed E-state index contributed by atoms with van der Waals surface area (Å²) in [6, 6.07) is 5.13. The number of carbonyl (C=O) groups excluding carboxylic acids is 2. The molecule has 0 saturated carbocycles. The molecular formula is C29H47ClN2O4. The molecule has 7 heteroatoms. The maximum Gasteiger partial charge on any atom is 0.335 e. The fraction of sp³-hybridized carbons (Fsp3) is 0.655. The van der Waals surface area contributed by atoms with Gasteiger partial charge in [-0.2, -0.15) is 0 Å². The molecule has 0 bridgehead atoms. The Morgan fingerprint density at radius 2 is 1.31 bits per heavy atom. The molecule has 0 aliphatic rings. The minimum absolute atomic E-state index is 0.0185. The van der Waals surface area contributed by atoms with E-state index in [0.29, 0.717) is 22.8 Å². The first-order valence-corrected chi connectivity index (χ1v) is 14.1. The lowest BCUT2D eigenvalue weighted by molar-refractivity contribution is -0.135. The van der Waals surface area contributed by atoms with Gasteiger partial charge in [-0.3, -0.25) is 4.79 Å². The molecule has 36 heavy (non-hydrogen) atoms. The predicted octanol–water partition coefficient (Wildman–Crippen LogP) is 8.61. The van der Waals surface area contributed by atoms with Gasteiger partial charge in [0.05, 0.1) is 31.0 Å². The Hall–Kier alpha value is -2.21. The minimum Gasteiger partial charge on any atom is -0.482 e. The molecule has 1 rings (SSSR count). The summed E-state index contributed by atoms with van der Waals surface area (Å²) in [6.07, 6.45) is 21.2. The standard InChI is InChI=1S/C29H47ClN2O4/c1-4-5-6-7-8-9-10-11-12-13-14-15-16-17-18-19-27(33)31-24-20-21-25(30)26(22-24)32-28(35-2)23-29(34)36-3/h20-23,32H,4-19H2,1-3H3,(H,31,33)/b28-23-. The Labute approximate surface area is 223 Å². The van der Waals surface area contributed by atoms with Crippen LogP contribution in [0.5, 0.6) is 0 Å². The molecule has 1 aromatic carbocycles. The maximum atomic E-state index is 12.3. The van der Waals surface area contributed by atoms with Crippen LogP contribution in [0.15, 0.2) is 30.2 Å². The number of ether oxygens (including phenoxy) is 2. The van der Waals surface area contributed by atoms with Crippen LogP contribution in [-0.2, 0) is 19.1 Å². The Morgan fingerprint density at radius 1 is 0.778 bits per heavy atom. The van der Waals surface area contributed by atoms with E-state index >= 15 is 0 Å². The van der Waals surface area contributed by atoms with Crippen molar-refractivity contribution in [2.45, 2.75) is 110 Å². The van der Waals surface area contributed by atoms with E-state index in [1.54, 1.807) is 18.2 Å². The summed E-state index contributed by atoms with van der Waals surface area (Å²) in [5.74, 6) is -0.386. The fourth-order valence-electron chi connectivity index (χ4n) is 4.02. The molecule has 0 radical (unpaired) electrons. The third-order valence-corrected chi connectivity index (χ3v) is 6.52. The SMILES string of the molecule is CCCCCCCCCCCCCCCCCC(=O)Nc1ccc(Cl)c(N/C(=C/C(=O)OC)OC)c1. The molecule has 0 saturated heterocycles. The Bertz CT molecular complexity index is 783. The summed E-state index contributed by atoms with van der Waals surface area (Å²) in [4.78, 5) is 23.8. The Kier molecular flexibility index (Phi) is 18.5. The van der Waals surface area contributed by atoms with E-state index in [1.165, 1.54) is 104 Å². The van der Waals surface area contributed by atoms with Crippen LogP contribution in [0.25, 0.3) is 0 Å². The van der Waals surface area contributed by atoms with E-state index in [0.717, 1.165) is 12.8 Å². The second-order valence-corrected chi connectivity index (χ2v) is 9.71. The highest BCUT2D eigenvalue weighted by Crippen LogP contribution is 2.27. The number of unbranched alkanes of at least 4 members (excludes halogenated alkanes) is 14. The van der Waals surface area contributed by atoms with Gasteiger partial charge >= 0.3 is 5.97 Å². The molecule has 0 fully saturated rings. The van der Waals surface area contributed by atoms with Gasteiger partial charge in [0.25, 0.3) is 0 Å². The van der Waals surface area contributed by atoms with Gasteiger partial charge in [-0.15, -0.1) is 0 Å². The lowest BCUT2D eigenvalue weighted by Gasteiger charge is -2.13. The number of carbonyl (C=O) groups is 2. The molecule has 6 nitrogen and oxygen atoms in total. The summed E-state index contributed by atoms with van der Waals surface area (Å²) < 4.78 is 9.75. The number of methoxy groups -OCH3 is 2. The lowest BCUT2D eigenvalue weighted by atomic mass is 10.0. The maximum absolute atomic E-state index is 12.3. The van der Waals surface area contributed by atoms with Crippen LogP contribution in [0.4, 0.5) is 11.4 Å². The van der Waals surface area contributed by atoms with Crippen molar-refractivity contribution in [2.75, 3.05) is 24.9 Å². The van der Waals surface area contributed by atoms with Crippen LogP contribution in [0.2, 0.25) is 5.02 Å². The molecule has 0 spiro atoms. The third-order valence-electron chi connectivity index (χ3n) is 6.19. The van der Waals surface area contributed by atoms with Gasteiger partial charge in [0.1, 0.15) is 0 Å². The van der Waals surface area contributed by atoms with E-state index in [1.807, 2.05) is 0 Å². The monoisotopic (exact) mass is 522 g/mol. The number of hydrogen-bond acceptors (Lipinski definition) is 5. The summed E-state index contributed by atoms with van der Waals surface area (Å²) in [7, 11) is 2.71. The van der Waals surface area contributed by atoms with Crippen molar-refractivity contribution in [3.05, 3.63) is 35.2 Å². The molecule has 2 N–H and O–H groups in total. The topological polar surface area (TPSA) is 76.7 Å². The third kappa shape index (κ3) is 15.7. The number of esters is 1. The van der Waals surface area contributed by atoms with Crippen LogP contribution in [0.1, 0.15) is 110 Å². The van der Waals surface area contributed by atoms with E-state index in [9.17, 15) is 9.59 Å². The molecule has 0 unspecified atom stereocenters. The highest BCUT2D eigenvalue weighted by molar-refractivity contribution is 6.33. The van der Waals surface area contributed by atoms with Crippen molar-refractivity contribution in [1.29, 1.82) is 0 Å². The largest absolute Gasteiger partial charge is 0.482 e. The molecule has 0 heterocycles. The summed E-state index contributed by atoms with van der Waals surface area (Å²) in [5.41, 5.74) is 1.14. The minimum atomic E-state index is -0.552. The van der Waals surface area contributed by atoms with Gasteiger partial charge in [-0.05, 0) is 24.6 Å². The zero-order valence-electron chi connectivity index (χ0n) is 22.6. The number of rotatable bonds is 21. The first-order chi connectivity index (χ1) is 17.5. The smallest absolute Gasteiger partial charge is 0.335 e. The van der Waals surface area contributed by atoms with Crippen molar-refractivity contribution in [1.82, 2.24) is 0 Å². The number of nitrogens with one attached hydrogen (secondary N) is 2. The number of halogens is 1. The highest BCUT2D eigenvalue weighted by Gasteiger charge is 2.09. The van der Waals surface area contributed by atoms with Crippen LogP contribution >= 0.6 is 11.6 Å². The number of benzene rings is 1. The van der Waals surface area contributed by atoms with Crippen molar-refractivity contribution >= 4 is 34.9 Å². The van der Waals surface area contributed by atoms with Gasteiger partial charge in [0.2, 0.25) is 5.91 Å². The zero-order valence-corrected chi connectivity index (χ0v) is 23.4. The Balaban J connectivity index is 2.16. The molecule has 204 valence electrons. The summed E-state index contributed by atoms with van der Waals surface area (Å²) >= 11 is 6.24. The van der Waals surface area contributed by atoms with Crippen LogP contribution < -0.4 is 10.6 Å². The van der Waals surface area contributed by atoms with Gasteiger partial charge in [-0.25, -0.2) is 4.79 Å².